The fourth-order valence-corrected chi connectivity index (χ4v) is 23.3. The van der Waals surface area contributed by atoms with Crippen LogP contribution >= 0.6 is 23.5 Å². The van der Waals surface area contributed by atoms with Gasteiger partial charge in [-0.1, -0.05) is 97.1 Å². The van der Waals surface area contributed by atoms with Crippen molar-refractivity contribution in [3.05, 3.63) is 208 Å². The number of nitrogens with two attached hydrogens (primary N) is 2. The zero-order chi connectivity index (χ0) is 95.7. The van der Waals surface area contributed by atoms with Crippen LogP contribution in [0, 0.1) is 35.0 Å². The molecule has 5 aromatic carbocycles. The van der Waals surface area contributed by atoms with E-state index in [1.54, 1.807) is 66.4 Å². The van der Waals surface area contributed by atoms with E-state index in [0.717, 1.165) is 73.1 Å². The first-order chi connectivity index (χ1) is 65.9. The molecule has 0 saturated carbocycles. The topological polar surface area (TPSA) is 446 Å². The number of guanidine groups is 1. The molecule has 7 amide bonds. The number of nitrogens with zero attached hydrogens (tertiary/aromatic N) is 3. The largest absolute Gasteiger partial charge is 0.508 e. The van der Waals surface area contributed by atoms with Crippen LogP contribution < -0.4 is 59.3 Å². The Bertz CT molecular complexity index is 5480. The highest BCUT2D eigenvalue weighted by molar-refractivity contribution is 8.00. The number of likely N-dealkylation sites (tertiary alicyclic amines) is 2. The van der Waals surface area contributed by atoms with E-state index >= 15 is 28.8 Å². The fourth-order valence-electron chi connectivity index (χ4n) is 21.4. The fraction of sp³-hybridized carbons (Fsp3) is 0.505. The minimum Gasteiger partial charge on any atom is -0.508 e. The van der Waals surface area contributed by atoms with Crippen molar-refractivity contribution in [3.8, 4) is 5.75 Å². The first-order valence-electron chi connectivity index (χ1n) is 48.9. The second kappa shape index (κ2) is 49.3. The van der Waals surface area contributed by atoms with Gasteiger partial charge in [-0.25, -0.2) is 0 Å². The molecule has 31 heteroatoms. The number of carbonyl (C=O) groups is 10. The van der Waals surface area contributed by atoms with Crippen molar-refractivity contribution in [2.75, 3.05) is 82.9 Å². The maximum Gasteiger partial charge on any atom is 0.242 e. The molecule has 16 atom stereocenters. The summed E-state index contributed by atoms with van der Waals surface area (Å²) in [6.45, 7) is 4.15. The van der Waals surface area contributed by atoms with E-state index in [9.17, 15) is 29.4 Å². The lowest BCUT2D eigenvalue weighted by molar-refractivity contribution is -0.137. The third kappa shape index (κ3) is 27.5. The number of allylic oxidation sites excluding steroid dienone is 1. The smallest absolute Gasteiger partial charge is 0.242 e. The van der Waals surface area contributed by atoms with Crippen LogP contribution in [-0.4, -0.2) is 237 Å². The van der Waals surface area contributed by atoms with Crippen molar-refractivity contribution in [2.24, 2.45) is 41.1 Å². The van der Waals surface area contributed by atoms with Crippen molar-refractivity contribution in [3.63, 3.8) is 0 Å². The summed E-state index contributed by atoms with van der Waals surface area (Å²) in [6.07, 6.45) is 14.9. The van der Waals surface area contributed by atoms with E-state index in [4.69, 9.17) is 16.9 Å². The Balaban J connectivity index is 0.732. The molecule has 726 valence electrons. The molecule has 18 N–H and O–H groups in total. The number of likely N-dealkylation sites (N-methyl/N-ethyl adjacent to an activating group) is 2. The molecule has 0 unspecified atom stereocenters. The first-order valence-corrected chi connectivity index (χ1v) is 51.2. The lowest BCUT2D eigenvalue weighted by Crippen LogP contribution is -2.54. The Morgan fingerprint density at radius 3 is 1.93 bits per heavy atom. The Labute approximate surface area is 805 Å². The number of pyridine rings is 1. The first kappa shape index (κ1) is 101. The molecule has 29 nitrogen and oxygen atoms in total. The van der Waals surface area contributed by atoms with Gasteiger partial charge in [-0.05, 0) is 265 Å². The van der Waals surface area contributed by atoms with E-state index < -0.39 is 126 Å². The van der Waals surface area contributed by atoms with Gasteiger partial charge in [0.05, 0.1) is 47.7 Å². The van der Waals surface area contributed by atoms with Crippen LogP contribution in [0.4, 0.5) is 0 Å². The molecule has 14 rings (SSSR count). The van der Waals surface area contributed by atoms with Crippen molar-refractivity contribution in [1.82, 2.24) is 72.6 Å². The second-order valence-electron chi connectivity index (χ2n) is 38.6. The number of aliphatic hydroxyl groups is 1. The average Bonchev–Trinajstić information content (AvgIpc) is 1.54. The van der Waals surface area contributed by atoms with Gasteiger partial charge in [0, 0.05) is 153 Å². The minimum atomic E-state index is -1.46. The number of phenolic OH excluding ortho intramolecular Hbond substituents is 1. The number of nitrogens with one attached hydrogen (secondary N) is 12. The Morgan fingerprint density at radius 1 is 0.581 bits per heavy atom. The molecular weight excluding hydrogens is 1760 g/mol. The number of hydrogen-bond acceptors (Lipinski definition) is 20. The van der Waals surface area contributed by atoms with Crippen molar-refractivity contribution in [2.45, 2.75) is 221 Å². The SMILES string of the molecule is C[C@@H](O)[C@@H]1CC(=O)[C@H](CCCCN)NC(=O)[C@@H](Cc2c[nH]c3ccccc23)CC(=O)[C@H](Cc2ccncc2)NC(=O)[C@H](Cc2ccccc2)CC(=O)[C@H](CCCNC(=N)N)NC(=O)[C@H](NC[C@H](CCCCNC(=O)CSC[C@@H]2C[C@@H]3c4cccc5c4C(=CC5)C[C@H]3N(C)C2)NC(=O)CSC[C@@H]2C[C@@H]3c4cccc5[nH]cc(c45)C[C@H]3N(C)C2)CCCCNC(=O)[C@H](Cc2ccc(O)cc2)NC1=O. The molecule has 3 aromatic heterocycles. The van der Waals surface area contributed by atoms with Gasteiger partial charge in [0.2, 0.25) is 41.4 Å². The van der Waals surface area contributed by atoms with Crippen molar-refractivity contribution >= 4 is 116 Å². The summed E-state index contributed by atoms with van der Waals surface area (Å²) in [5, 5.41) is 59.8. The molecule has 136 heavy (non-hydrogen) atoms. The molecule has 3 aliphatic carbocycles. The van der Waals surface area contributed by atoms with Gasteiger partial charge in [-0.3, -0.25) is 58.3 Å². The molecule has 0 radical (unpaired) electrons. The third-order valence-electron chi connectivity index (χ3n) is 28.6. The number of aromatic amines is 2. The normalized spacial score (nSPS) is 24.7. The van der Waals surface area contributed by atoms with Gasteiger partial charge in [0.15, 0.2) is 23.3 Å². The molecule has 3 saturated heterocycles. The molecular formula is C105H137N17O12S2. The number of piperidine rings is 2. The molecule has 3 aliphatic heterocycles. The number of ketones is 3. The van der Waals surface area contributed by atoms with Gasteiger partial charge in [0.25, 0.3) is 0 Å². The number of benzene rings is 5. The second-order valence-corrected chi connectivity index (χ2v) is 40.6. The number of aromatic hydroxyl groups is 1. The number of phenols is 1. The molecule has 0 bridgehead atoms. The number of para-hydroxylation sites is 1. The van der Waals surface area contributed by atoms with Crippen LogP contribution in [0.15, 0.2) is 158 Å². The van der Waals surface area contributed by atoms with Gasteiger partial charge in [-0.15, -0.1) is 0 Å². The van der Waals surface area contributed by atoms with Gasteiger partial charge < -0.3 is 89.3 Å². The van der Waals surface area contributed by atoms with Crippen LogP contribution in [0.2, 0.25) is 0 Å². The molecule has 6 aliphatic rings. The maximum atomic E-state index is 15.8. The summed E-state index contributed by atoms with van der Waals surface area (Å²) in [5.74, 6) is -5.75. The van der Waals surface area contributed by atoms with Crippen LogP contribution in [0.1, 0.15) is 178 Å². The number of unbranched alkanes of at least 4 members (excludes halogenated alkanes) is 2. The highest BCUT2D eigenvalue weighted by Gasteiger charge is 2.44. The van der Waals surface area contributed by atoms with Gasteiger partial charge in [0.1, 0.15) is 11.8 Å². The predicted molar refractivity (Wildman–Crippen MR) is 534 cm³/mol. The zero-order valence-electron chi connectivity index (χ0n) is 78.6. The third-order valence-corrected chi connectivity index (χ3v) is 30.9. The summed E-state index contributed by atoms with van der Waals surface area (Å²) < 4.78 is 0. The zero-order valence-corrected chi connectivity index (χ0v) is 80.2. The lowest BCUT2D eigenvalue weighted by atomic mass is 9.70. The summed E-state index contributed by atoms with van der Waals surface area (Å²) in [6, 6.07) is 33.5. The molecule has 3 fully saturated rings. The standard InChI is InChI=1S/C105H137N17O12S2/c1-64(123)81-54-95(127)85(26-9-12-38-106)117-101(131)73(49-74-55-113-84-25-8-7-22-78(74)84)53-94(126)89(47-67-36-42-109-43-37-67)119-100(130)72(44-65-18-5-4-6-19-65)52-93(125)86(29-17-41-112-105(107)108)118-104(134)88(27-11-14-40-111-103(133)90(120-102(81)132)48-66-30-34-77(124)35-31-66)115-57-76(116-97(129)63-136-61-69-46-83-80-24-16-28-87-99(80)75(56-114-87)51-92(83)122(3)59-69)21-10-13-39-110-96(128)62-135-60-68-45-82-79-23-15-20-70-32-33-71(98(70)79)50-91(82)121(2)58-68/h4-8,15-16,18-20,22-25,28,30-31,33-37,42-43,55-56,64,68-69,72-73,76,81-83,85-86,88-92,113-115,123-124H,9-14,17,21,26-27,29,32,38-41,44-54,57-63,106H2,1-3H3,(H,110,128)(H,111,133)(H,116,129)(H,117,131)(H,118,134)(H,119,130)(H,120,132)(H4,107,108,112)/t64-,68-,69-,72-,73+,76+,81+,82-,83-,85+,86+,88-,89+,90+,91-,92-/m1/s1. The van der Waals surface area contributed by atoms with E-state index in [1.807, 2.05) is 54.6 Å². The molecule has 6 heterocycles. The Morgan fingerprint density at radius 2 is 1.19 bits per heavy atom. The number of aliphatic hydroxyl groups excluding tert-OH is 1. The summed E-state index contributed by atoms with van der Waals surface area (Å²) >= 11 is 3.28. The van der Waals surface area contributed by atoms with Gasteiger partial charge >= 0.3 is 0 Å². The number of Topliss-reactive ketones (excluding diaryl/α,β-unsaturated/α-hetero) is 3. The number of H-pyrrole nitrogens is 2. The molecule has 8 aromatic rings. The van der Waals surface area contributed by atoms with E-state index in [1.165, 1.54) is 57.8 Å². The highest BCUT2D eigenvalue weighted by Crippen LogP contribution is 2.50. The summed E-state index contributed by atoms with van der Waals surface area (Å²) in [5.41, 5.74) is 24.9. The van der Waals surface area contributed by atoms with Crippen molar-refractivity contribution < 1.29 is 58.2 Å². The average molecular weight is 1890 g/mol. The minimum absolute atomic E-state index is 0.0136. The highest BCUT2D eigenvalue weighted by atomic mass is 32.2. The van der Waals surface area contributed by atoms with Crippen LogP contribution in [-0.2, 0) is 86.5 Å². The summed E-state index contributed by atoms with van der Waals surface area (Å²) in [4.78, 5) is 168. The van der Waals surface area contributed by atoms with E-state index in [0.29, 0.717) is 102 Å². The number of carbonyl (C=O) groups excluding carboxylic acids is 10. The Hall–Kier alpha value is -11.1. The van der Waals surface area contributed by atoms with Gasteiger partial charge in [-0.2, -0.15) is 23.5 Å². The quantitative estimate of drug-likeness (QED) is 0.0101. The number of hydrogen-bond donors (Lipinski definition) is 16. The predicted octanol–water partition coefficient (Wildman–Crippen LogP) is 9.06. The monoisotopic (exact) mass is 1890 g/mol. The molecule has 0 spiro atoms. The van der Waals surface area contributed by atoms with Crippen LogP contribution in [0.5, 0.6) is 5.75 Å². The lowest BCUT2D eigenvalue weighted by Gasteiger charge is -2.46. The van der Waals surface area contributed by atoms with Crippen LogP contribution in [0.3, 0.4) is 0 Å². The number of aromatic nitrogens is 3. The van der Waals surface area contributed by atoms with Crippen LogP contribution in [0.25, 0.3) is 27.4 Å². The van der Waals surface area contributed by atoms with E-state index in [2.05, 4.69) is 135 Å². The summed E-state index contributed by atoms with van der Waals surface area (Å²) in [7, 11) is 4.45. The van der Waals surface area contributed by atoms with Crippen molar-refractivity contribution in [1.29, 1.82) is 5.41 Å². The number of fused-ring (bicyclic) bond motifs is 5. The number of thioether (sulfide) groups is 2. The maximum absolute atomic E-state index is 15.8. The van der Waals surface area contributed by atoms with E-state index in [-0.39, 0.29) is 120 Å². The number of rotatable bonds is 34. The Kier molecular flexibility index (Phi) is 36.6. The number of amides is 7.